The van der Waals surface area contributed by atoms with Crippen LogP contribution < -0.4 is 10.6 Å². The van der Waals surface area contributed by atoms with Gasteiger partial charge in [0.2, 0.25) is 5.95 Å². The maximum atomic E-state index is 4.46. The third kappa shape index (κ3) is 4.26. The number of hydrogen-bond donors (Lipinski definition) is 2. The minimum atomic E-state index is 0.548. The lowest BCUT2D eigenvalue weighted by molar-refractivity contribution is 1.02. The minimum Gasteiger partial charge on any atom is -0.364 e. The van der Waals surface area contributed by atoms with Gasteiger partial charge in [-0.1, -0.05) is 28.1 Å². The van der Waals surface area contributed by atoms with Gasteiger partial charge in [-0.15, -0.1) is 0 Å². The standard InChI is InChI=1S/C17H16BrN5/c1-12-5-6-13(10-15(12)18)22-17-20-9-7-16(23-17)21-11-14-4-2-3-8-19-14/h2-10H,11H2,1H3,(H2,20,21,22,23). The molecular weight excluding hydrogens is 354 g/mol. The van der Waals surface area contributed by atoms with E-state index in [9.17, 15) is 0 Å². The Morgan fingerprint density at radius 2 is 1.96 bits per heavy atom. The van der Waals surface area contributed by atoms with Crippen LogP contribution in [-0.2, 0) is 6.54 Å². The fraction of sp³-hybridized carbons (Fsp3) is 0.118. The van der Waals surface area contributed by atoms with E-state index in [1.807, 2.05) is 49.4 Å². The molecule has 2 heterocycles. The molecule has 0 unspecified atom stereocenters. The molecule has 0 fully saturated rings. The van der Waals surface area contributed by atoms with E-state index in [1.54, 1.807) is 12.4 Å². The van der Waals surface area contributed by atoms with Crippen molar-refractivity contribution in [3.8, 4) is 0 Å². The number of aromatic nitrogens is 3. The van der Waals surface area contributed by atoms with Gasteiger partial charge in [-0.2, -0.15) is 4.98 Å². The molecule has 1 aromatic carbocycles. The molecule has 116 valence electrons. The van der Waals surface area contributed by atoms with Crippen LogP contribution in [0, 0.1) is 6.92 Å². The molecule has 23 heavy (non-hydrogen) atoms. The number of pyridine rings is 1. The number of aryl methyl sites for hydroxylation is 1. The number of nitrogens with one attached hydrogen (secondary N) is 2. The summed E-state index contributed by atoms with van der Waals surface area (Å²) in [6, 6.07) is 13.7. The van der Waals surface area contributed by atoms with E-state index in [0.29, 0.717) is 12.5 Å². The van der Waals surface area contributed by atoms with Gasteiger partial charge in [0.15, 0.2) is 0 Å². The Hall–Kier alpha value is -2.47. The summed E-state index contributed by atoms with van der Waals surface area (Å²) in [7, 11) is 0. The first-order valence-electron chi connectivity index (χ1n) is 7.21. The largest absolute Gasteiger partial charge is 0.364 e. The van der Waals surface area contributed by atoms with Gasteiger partial charge >= 0.3 is 0 Å². The average Bonchev–Trinajstić information content (AvgIpc) is 2.58. The summed E-state index contributed by atoms with van der Waals surface area (Å²) in [5.41, 5.74) is 3.08. The Bertz CT molecular complexity index is 792. The summed E-state index contributed by atoms with van der Waals surface area (Å²) in [5.74, 6) is 1.30. The zero-order chi connectivity index (χ0) is 16.1. The lowest BCUT2D eigenvalue weighted by atomic mass is 10.2. The van der Waals surface area contributed by atoms with Crippen LogP contribution in [0.15, 0.2) is 59.3 Å². The van der Waals surface area contributed by atoms with Crippen LogP contribution in [0.3, 0.4) is 0 Å². The van der Waals surface area contributed by atoms with E-state index in [1.165, 1.54) is 5.56 Å². The van der Waals surface area contributed by atoms with Gasteiger partial charge in [-0.3, -0.25) is 4.98 Å². The smallest absolute Gasteiger partial charge is 0.229 e. The van der Waals surface area contributed by atoms with Crippen molar-refractivity contribution < 1.29 is 0 Å². The second kappa shape index (κ2) is 7.19. The summed E-state index contributed by atoms with van der Waals surface area (Å²) >= 11 is 3.52. The van der Waals surface area contributed by atoms with Crippen LogP contribution in [0.25, 0.3) is 0 Å². The molecule has 6 heteroatoms. The van der Waals surface area contributed by atoms with Crippen LogP contribution in [-0.4, -0.2) is 15.0 Å². The van der Waals surface area contributed by atoms with Crippen LogP contribution >= 0.6 is 15.9 Å². The molecule has 5 nitrogen and oxygen atoms in total. The maximum absolute atomic E-state index is 4.46. The number of halogens is 1. The Morgan fingerprint density at radius 1 is 1.04 bits per heavy atom. The number of rotatable bonds is 5. The molecule has 0 atom stereocenters. The van der Waals surface area contributed by atoms with Crippen molar-refractivity contribution in [1.82, 2.24) is 15.0 Å². The van der Waals surface area contributed by atoms with E-state index >= 15 is 0 Å². The van der Waals surface area contributed by atoms with Gasteiger partial charge in [-0.05, 0) is 42.8 Å². The van der Waals surface area contributed by atoms with E-state index in [4.69, 9.17) is 0 Å². The molecule has 2 N–H and O–H groups in total. The highest BCUT2D eigenvalue weighted by Crippen LogP contribution is 2.22. The van der Waals surface area contributed by atoms with Crippen LogP contribution in [0.2, 0.25) is 0 Å². The lowest BCUT2D eigenvalue weighted by Crippen LogP contribution is -2.05. The fourth-order valence-electron chi connectivity index (χ4n) is 2.00. The minimum absolute atomic E-state index is 0.548. The Labute approximate surface area is 143 Å². The topological polar surface area (TPSA) is 62.7 Å². The highest BCUT2D eigenvalue weighted by atomic mass is 79.9. The Kier molecular flexibility index (Phi) is 4.83. The first kappa shape index (κ1) is 15.4. The van der Waals surface area contributed by atoms with Crippen molar-refractivity contribution in [2.24, 2.45) is 0 Å². The van der Waals surface area contributed by atoms with E-state index in [0.717, 1.165) is 21.7 Å². The monoisotopic (exact) mass is 369 g/mol. The number of anilines is 3. The molecular formula is C17H16BrN5. The molecule has 2 aromatic heterocycles. The van der Waals surface area contributed by atoms with Crippen molar-refractivity contribution >= 4 is 33.4 Å². The van der Waals surface area contributed by atoms with Gasteiger partial charge in [-0.25, -0.2) is 4.98 Å². The summed E-state index contributed by atoms with van der Waals surface area (Å²) in [6.45, 7) is 2.67. The first-order chi connectivity index (χ1) is 11.2. The summed E-state index contributed by atoms with van der Waals surface area (Å²) in [6.07, 6.45) is 3.50. The van der Waals surface area contributed by atoms with Gasteiger partial charge in [0.1, 0.15) is 5.82 Å². The molecule has 0 radical (unpaired) electrons. The third-order valence-electron chi connectivity index (χ3n) is 3.26. The maximum Gasteiger partial charge on any atom is 0.229 e. The third-order valence-corrected chi connectivity index (χ3v) is 4.11. The van der Waals surface area contributed by atoms with Crippen molar-refractivity contribution in [2.75, 3.05) is 10.6 Å². The zero-order valence-electron chi connectivity index (χ0n) is 12.6. The highest BCUT2D eigenvalue weighted by Gasteiger charge is 2.02. The van der Waals surface area contributed by atoms with Crippen molar-refractivity contribution in [3.05, 3.63) is 70.6 Å². The summed E-state index contributed by atoms with van der Waals surface area (Å²) in [5, 5.41) is 6.45. The van der Waals surface area contributed by atoms with Gasteiger partial charge in [0.05, 0.1) is 12.2 Å². The normalized spacial score (nSPS) is 10.3. The van der Waals surface area contributed by atoms with Gasteiger partial charge < -0.3 is 10.6 Å². The van der Waals surface area contributed by atoms with E-state index < -0.39 is 0 Å². The van der Waals surface area contributed by atoms with Gasteiger partial charge in [0, 0.05) is 22.6 Å². The molecule has 0 spiro atoms. The predicted octanol–water partition coefficient (Wildman–Crippen LogP) is 4.30. The van der Waals surface area contributed by atoms with Crippen molar-refractivity contribution in [2.45, 2.75) is 13.5 Å². The Balaban J connectivity index is 1.68. The summed E-state index contributed by atoms with van der Waals surface area (Å²) < 4.78 is 1.05. The van der Waals surface area contributed by atoms with E-state index in [-0.39, 0.29) is 0 Å². The quantitative estimate of drug-likeness (QED) is 0.701. The molecule has 0 aliphatic rings. The molecule has 0 saturated heterocycles. The SMILES string of the molecule is Cc1ccc(Nc2nccc(NCc3ccccn3)n2)cc1Br. The van der Waals surface area contributed by atoms with Crippen molar-refractivity contribution in [1.29, 1.82) is 0 Å². The molecule has 0 saturated carbocycles. The Morgan fingerprint density at radius 3 is 2.74 bits per heavy atom. The fourth-order valence-corrected chi connectivity index (χ4v) is 2.38. The molecule has 0 bridgehead atoms. The average molecular weight is 370 g/mol. The highest BCUT2D eigenvalue weighted by molar-refractivity contribution is 9.10. The number of nitrogens with zero attached hydrogens (tertiary/aromatic N) is 3. The summed E-state index contributed by atoms with van der Waals surface area (Å²) in [4.78, 5) is 13.0. The first-order valence-corrected chi connectivity index (χ1v) is 8.00. The van der Waals surface area contributed by atoms with Crippen molar-refractivity contribution in [3.63, 3.8) is 0 Å². The molecule has 0 aliphatic carbocycles. The van der Waals surface area contributed by atoms with Crippen LogP contribution in [0.4, 0.5) is 17.5 Å². The molecule has 3 aromatic rings. The van der Waals surface area contributed by atoms with Gasteiger partial charge in [0.25, 0.3) is 0 Å². The second-order valence-electron chi connectivity index (χ2n) is 5.03. The predicted molar refractivity (Wildman–Crippen MR) is 95.8 cm³/mol. The van der Waals surface area contributed by atoms with Crippen LogP contribution in [0.5, 0.6) is 0 Å². The molecule has 3 rings (SSSR count). The number of benzene rings is 1. The second-order valence-corrected chi connectivity index (χ2v) is 5.88. The lowest BCUT2D eigenvalue weighted by Gasteiger charge is -2.09. The number of hydrogen-bond acceptors (Lipinski definition) is 5. The molecule has 0 amide bonds. The zero-order valence-corrected chi connectivity index (χ0v) is 14.2. The van der Waals surface area contributed by atoms with Crippen LogP contribution in [0.1, 0.15) is 11.3 Å². The molecule has 0 aliphatic heterocycles. The van der Waals surface area contributed by atoms with E-state index in [2.05, 4.69) is 41.5 Å².